The first-order valence-electron chi connectivity index (χ1n) is 2.57. The van der Waals surface area contributed by atoms with Crippen molar-refractivity contribution in [3.8, 4) is 0 Å². The summed E-state index contributed by atoms with van der Waals surface area (Å²) in [6.45, 7) is 1.04. The second kappa shape index (κ2) is 4.14. The van der Waals surface area contributed by atoms with E-state index in [4.69, 9.17) is 34.8 Å². The highest BCUT2D eigenvalue weighted by molar-refractivity contribution is 6.51. The fourth-order valence-electron chi connectivity index (χ4n) is 0.235. The maximum Gasteiger partial charge on any atom is 0.376 e. The van der Waals surface area contributed by atoms with Gasteiger partial charge in [0, 0.05) is 6.92 Å². The first kappa shape index (κ1) is 11.0. The molecule has 0 aliphatic carbocycles. The second-order valence-electron chi connectivity index (χ2n) is 1.72. The Labute approximate surface area is 78.5 Å². The molecular formula is C5H5Cl3O3. The predicted molar refractivity (Wildman–Crippen MR) is 41.9 cm³/mol. The third kappa shape index (κ3) is 4.45. The number of halogens is 3. The Morgan fingerprint density at radius 3 is 2.18 bits per heavy atom. The van der Waals surface area contributed by atoms with E-state index in [0.717, 1.165) is 6.92 Å². The lowest BCUT2D eigenvalue weighted by atomic mass is 10.5. The number of alkyl halides is 3. The number of hydrogen-bond donors (Lipinski definition) is 0. The monoisotopic (exact) mass is 218 g/mol. The largest absolute Gasteiger partial charge is 0.422 e. The number of ketones is 1. The van der Waals surface area contributed by atoms with Gasteiger partial charge in [-0.15, -0.1) is 11.6 Å². The van der Waals surface area contributed by atoms with Gasteiger partial charge in [-0.2, -0.15) is 0 Å². The van der Waals surface area contributed by atoms with Crippen molar-refractivity contribution in [2.45, 2.75) is 11.4 Å². The molecule has 0 amide bonds. The van der Waals surface area contributed by atoms with E-state index < -0.39 is 16.3 Å². The van der Waals surface area contributed by atoms with Crippen molar-refractivity contribution in [1.29, 1.82) is 0 Å². The van der Waals surface area contributed by atoms with E-state index in [9.17, 15) is 9.59 Å². The molecule has 0 aliphatic heterocycles. The number of rotatable bonds is 3. The summed E-state index contributed by atoms with van der Waals surface area (Å²) in [6.07, 6.45) is 0. The Bertz CT molecular complexity index is 178. The van der Waals surface area contributed by atoms with E-state index >= 15 is 0 Å². The summed E-state index contributed by atoms with van der Waals surface area (Å²) >= 11 is 15.8. The molecule has 0 aromatic carbocycles. The van der Waals surface area contributed by atoms with Gasteiger partial charge >= 0.3 is 5.97 Å². The summed E-state index contributed by atoms with van der Waals surface area (Å²) in [4.78, 5) is 20.8. The van der Waals surface area contributed by atoms with Gasteiger partial charge in [-0.25, -0.2) is 4.79 Å². The molecule has 0 N–H and O–H groups in total. The van der Waals surface area contributed by atoms with Crippen molar-refractivity contribution in [1.82, 2.24) is 0 Å². The highest BCUT2D eigenvalue weighted by Crippen LogP contribution is 2.24. The SMILES string of the molecule is CC(=O)C(=O)OC(Cl)(Cl)CCl. The zero-order valence-electron chi connectivity index (χ0n) is 5.57. The van der Waals surface area contributed by atoms with Crippen LogP contribution >= 0.6 is 34.8 Å². The van der Waals surface area contributed by atoms with Gasteiger partial charge in [-0.3, -0.25) is 4.79 Å². The quantitative estimate of drug-likeness (QED) is 0.410. The summed E-state index contributed by atoms with van der Waals surface area (Å²) in [7, 11) is 0. The van der Waals surface area contributed by atoms with Crippen LogP contribution in [0, 0.1) is 0 Å². The van der Waals surface area contributed by atoms with Crippen LogP contribution in [0.1, 0.15) is 6.92 Å². The van der Waals surface area contributed by atoms with Gasteiger partial charge in [0.05, 0.1) is 5.88 Å². The lowest BCUT2D eigenvalue weighted by Gasteiger charge is -2.15. The number of carbonyl (C=O) groups excluding carboxylic acids is 2. The van der Waals surface area contributed by atoms with Crippen molar-refractivity contribution in [3.63, 3.8) is 0 Å². The van der Waals surface area contributed by atoms with Crippen LogP contribution in [-0.4, -0.2) is 22.2 Å². The van der Waals surface area contributed by atoms with Gasteiger partial charge < -0.3 is 4.74 Å². The van der Waals surface area contributed by atoms with E-state index in [1.165, 1.54) is 0 Å². The normalized spacial score (nSPS) is 10.9. The molecule has 6 heteroatoms. The van der Waals surface area contributed by atoms with E-state index in [1.54, 1.807) is 0 Å². The molecule has 0 heterocycles. The molecule has 0 spiro atoms. The van der Waals surface area contributed by atoms with Crippen LogP contribution in [0.3, 0.4) is 0 Å². The minimum Gasteiger partial charge on any atom is -0.422 e. The van der Waals surface area contributed by atoms with Crippen LogP contribution in [0.25, 0.3) is 0 Å². The molecule has 0 atom stereocenters. The highest BCUT2D eigenvalue weighted by Gasteiger charge is 2.29. The van der Waals surface area contributed by atoms with Crippen LogP contribution < -0.4 is 0 Å². The lowest BCUT2D eigenvalue weighted by molar-refractivity contribution is -0.155. The number of hydrogen-bond acceptors (Lipinski definition) is 3. The first-order valence-corrected chi connectivity index (χ1v) is 3.86. The maximum atomic E-state index is 10.5. The summed E-state index contributed by atoms with van der Waals surface area (Å²) < 4.78 is 2.44. The summed E-state index contributed by atoms with van der Waals surface area (Å²) in [5.74, 6) is -2.17. The van der Waals surface area contributed by atoms with E-state index in [1.807, 2.05) is 0 Å². The number of Topliss-reactive ketones (excluding diaryl/α,β-unsaturated/α-hetero) is 1. The second-order valence-corrected chi connectivity index (χ2v) is 3.40. The summed E-state index contributed by atoms with van der Waals surface area (Å²) in [5.41, 5.74) is 0. The number of carbonyl (C=O) groups is 2. The summed E-state index contributed by atoms with van der Waals surface area (Å²) in [6, 6.07) is 0. The van der Waals surface area contributed by atoms with Crippen LogP contribution in [0.4, 0.5) is 0 Å². The van der Waals surface area contributed by atoms with E-state index in [-0.39, 0.29) is 5.88 Å². The maximum absolute atomic E-state index is 10.5. The van der Waals surface area contributed by atoms with Crippen molar-refractivity contribution in [2.75, 3.05) is 5.88 Å². The molecule has 11 heavy (non-hydrogen) atoms. The molecule has 0 aromatic heterocycles. The molecule has 0 bridgehead atoms. The van der Waals surface area contributed by atoms with Crippen molar-refractivity contribution in [3.05, 3.63) is 0 Å². The van der Waals surface area contributed by atoms with Crippen molar-refractivity contribution >= 4 is 46.6 Å². The predicted octanol–water partition coefficient (Wildman–Crippen LogP) is 1.49. The fraction of sp³-hybridized carbons (Fsp3) is 0.600. The summed E-state index contributed by atoms with van der Waals surface area (Å²) in [5, 5.41) is 0. The van der Waals surface area contributed by atoms with Crippen LogP contribution in [0.15, 0.2) is 0 Å². The van der Waals surface area contributed by atoms with Crippen LogP contribution in [0.2, 0.25) is 0 Å². The fourth-order valence-corrected chi connectivity index (χ4v) is 0.429. The van der Waals surface area contributed by atoms with Gasteiger partial charge in [0.2, 0.25) is 5.78 Å². The van der Waals surface area contributed by atoms with Crippen LogP contribution in [-0.2, 0) is 14.3 Å². The Morgan fingerprint density at radius 2 is 1.91 bits per heavy atom. The topological polar surface area (TPSA) is 43.4 Å². The van der Waals surface area contributed by atoms with Gasteiger partial charge in [0.25, 0.3) is 4.52 Å². The highest BCUT2D eigenvalue weighted by atomic mass is 35.5. The van der Waals surface area contributed by atoms with Crippen molar-refractivity contribution < 1.29 is 14.3 Å². The lowest BCUT2D eigenvalue weighted by Crippen LogP contribution is -2.27. The van der Waals surface area contributed by atoms with Gasteiger partial charge in [0.1, 0.15) is 0 Å². The Morgan fingerprint density at radius 1 is 1.45 bits per heavy atom. The molecule has 3 nitrogen and oxygen atoms in total. The van der Waals surface area contributed by atoms with E-state index in [0.29, 0.717) is 0 Å². The van der Waals surface area contributed by atoms with Crippen LogP contribution in [0.5, 0.6) is 0 Å². The molecule has 0 radical (unpaired) electrons. The molecule has 64 valence electrons. The molecule has 0 aromatic rings. The zero-order chi connectivity index (χ0) is 9.07. The Balaban J connectivity index is 4.04. The molecule has 0 saturated carbocycles. The first-order chi connectivity index (χ1) is 4.89. The molecule has 0 aliphatic rings. The van der Waals surface area contributed by atoms with Crippen molar-refractivity contribution in [2.24, 2.45) is 0 Å². The Hall–Kier alpha value is 0.01000. The molecule has 0 unspecified atom stereocenters. The third-order valence-electron chi connectivity index (χ3n) is 0.685. The molecule has 0 rings (SSSR count). The molecular weight excluding hydrogens is 214 g/mol. The van der Waals surface area contributed by atoms with Gasteiger partial charge in [-0.1, -0.05) is 23.2 Å². The Kier molecular flexibility index (Phi) is 4.14. The average Bonchev–Trinajstić information content (AvgIpc) is 1.87. The number of ether oxygens (including phenoxy) is 1. The minimum atomic E-state index is -1.82. The molecule has 0 fully saturated rings. The smallest absolute Gasteiger partial charge is 0.376 e. The van der Waals surface area contributed by atoms with E-state index in [2.05, 4.69) is 4.74 Å². The zero-order valence-corrected chi connectivity index (χ0v) is 7.83. The van der Waals surface area contributed by atoms with Gasteiger partial charge in [0.15, 0.2) is 0 Å². The minimum absolute atomic E-state index is 0.296. The third-order valence-corrected chi connectivity index (χ3v) is 1.76. The standard InChI is InChI=1S/C5H5Cl3O3/c1-3(9)4(10)11-5(7,8)2-6/h2H2,1H3. The number of esters is 1. The molecule has 0 saturated heterocycles. The average molecular weight is 219 g/mol. The van der Waals surface area contributed by atoms with Gasteiger partial charge in [-0.05, 0) is 0 Å².